The first-order valence-corrected chi connectivity index (χ1v) is 38.4. The zero-order valence-corrected chi connectivity index (χ0v) is 63.3. The molecule has 0 N–H and O–H groups in total. The lowest BCUT2D eigenvalue weighted by Crippen LogP contribution is -2.63. The van der Waals surface area contributed by atoms with Gasteiger partial charge in [-0.3, -0.25) is 0 Å². The van der Waals surface area contributed by atoms with Gasteiger partial charge in [0.1, 0.15) is 0 Å². The molecular weight excluding hydrogens is 1210 g/mol. The lowest BCUT2D eigenvalue weighted by molar-refractivity contribution is -0.0399. The van der Waals surface area contributed by atoms with E-state index in [0.717, 1.165) is 47.4 Å². The van der Waals surface area contributed by atoms with Crippen LogP contribution in [0.5, 0.6) is 0 Å². The highest BCUT2D eigenvalue weighted by Crippen LogP contribution is 2.71. The van der Waals surface area contributed by atoms with E-state index in [4.69, 9.17) is 0 Å². The van der Waals surface area contributed by atoms with Crippen molar-refractivity contribution in [1.29, 1.82) is 0 Å². The Bertz CT molecular complexity index is 4960. The number of benzene rings is 9. The number of aromatic nitrogens is 1. The Morgan fingerprint density at radius 3 is 1.50 bits per heavy atom. The Morgan fingerprint density at radius 1 is 0.410 bits per heavy atom. The van der Waals surface area contributed by atoms with E-state index in [9.17, 15) is 0 Å². The van der Waals surface area contributed by atoms with Gasteiger partial charge in [-0.05, 0) is 276 Å². The number of rotatable bonds is 6. The molecule has 0 saturated heterocycles. The fourth-order valence-electron chi connectivity index (χ4n) is 21.7. The van der Waals surface area contributed by atoms with Crippen LogP contribution >= 0.6 is 0 Å². The van der Waals surface area contributed by atoms with Crippen LogP contribution in [0, 0.1) is 23.7 Å². The fraction of sp³-hybridized carbons (Fsp3) is 0.411. The number of anilines is 9. The molecule has 1 aromatic heterocycles. The van der Waals surface area contributed by atoms with E-state index in [1.807, 2.05) is 0 Å². The molecule has 1 spiro atoms. The summed E-state index contributed by atoms with van der Waals surface area (Å²) < 4.78 is 2.68. The lowest BCUT2D eigenvalue weighted by atomic mass is 9.34. The topological polar surface area (TPSA) is 14.7 Å². The number of hydrogen-bond donors (Lipinski definition) is 0. The maximum absolute atomic E-state index is 2.88. The summed E-state index contributed by atoms with van der Waals surface area (Å²) in [7, 11) is 2.43. The van der Waals surface area contributed by atoms with Crippen LogP contribution in [-0.4, -0.2) is 11.3 Å². The molecule has 508 valence electrons. The Balaban J connectivity index is 0.930. The second-order valence-corrected chi connectivity index (χ2v) is 38.4. The first-order chi connectivity index (χ1) is 47.3. The molecule has 4 fully saturated rings. The van der Waals surface area contributed by atoms with E-state index in [-0.39, 0.29) is 50.0 Å². The zero-order chi connectivity index (χ0) is 69.7. The van der Waals surface area contributed by atoms with Gasteiger partial charge in [0.15, 0.2) is 0 Å². The first-order valence-electron chi connectivity index (χ1n) is 38.4. The summed E-state index contributed by atoms with van der Waals surface area (Å²) in [5.41, 5.74) is 35.2. The highest BCUT2D eigenvalue weighted by molar-refractivity contribution is 7.00. The standard InChI is InChI=1S/C95H105BN4/c1-88(2,3)61-29-35-66(36-30-61)98(67-37-31-62(32-38-67)89(4,5)6)69-39-41-78-81(54-69)99(68-33-26-59(27-34-68)60-28-40-73-75(51-60)92(12,13)43-42-91(73,10)11)82-52-63(90(7,8)9)53-83-85(82)96(78)87-86(71-55-76-77(56-80(71)97(87)18)94(16,17)45-44-93(76,14)15)100(83)79-25-21-24-74-84(79)70-22-19-20-23-72(70)95(74)64-47-57-46-58(49-64)50-65(95)48-57/h19-41,51-58,64-65H,42-50H2,1-18H3. The van der Waals surface area contributed by atoms with Gasteiger partial charge in [-0.1, -0.05) is 215 Å². The second kappa shape index (κ2) is 21.3. The minimum Gasteiger partial charge on any atom is -0.353 e. The third-order valence-corrected chi connectivity index (χ3v) is 27.4. The SMILES string of the molecule is Cn1c2c(c3cc4c(cc31)C(C)(C)CCC4(C)C)N(c1cccc3c1-c1ccccc1C31C3CC4CC(C3)CC1C4)c1cc(C(C)(C)C)cc3c1B2c1ccc(N(c2ccc(C(C)(C)C)cc2)c2ccc(C(C)(C)C)cc2)cc1N3c1ccc(-c2ccc3c(c2)C(C)(C)CCC3(C)C)cc1. The van der Waals surface area contributed by atoms with Gasteiger partial charge in [-0.25, -0.2) is 0 Å². The molecular formula is C95H105BN4. The highest BCUT2D eigenvalue weighted by Gasteiger charge is 2.62. The summed E-state index contributed by atoms with van der Waals surface area (Å²) in [4.78, 5) is 8.11. The van der Waals surface area contributed by atoms with Gasteiger partial charge >= 0.3 is 0 Å². The molecule has 19 rings (SSSR count). The molecule has 9 aliphatic rings. The van der Waals surface area contributed by atoms with Crippen molar-refractivity contribution in [2.75, 3.05) is 14.7 Å². The molecule has 100 heavy (non-hydrogen) atoms. The summed E-state index contributed by atoms with van der Waals surface area (Å²) in [6, 6.07) is 71.8. The zero-order valence-electron chi connectivity index (χ0n) is 63.3. The average molecular weight is 1310 g/mol. The van der Waals surface area contributed by atoms with Crippen molar-refractivity contribution in [2.24, 2.45) is 30.7 Å². The molecule has 0 amide bonds. The van der Waals surface area contributed by atoms with Crippen LogP contribution in [0.25, 0.3) is 33.2 Å². The summed E-state index contributed by atoms with van der Waals surface area (Å²) >= 11 is 0. The van der Waals surface area contributed by atoms with E-state index in [1.54, 1.807) is 11.1 Å². The number of fused-ring (bicyclic) bond motifs is 11. The molecule has 2 aliphatic heterocycles. The summed E-state index contributed by atoms with van der Waals surface area (Å²) in [6.07, 6.45) is 11.6. The number of hydrogen-bond acceptors (Lipinski definition) is 3. The van der Waals surface area contributed by atoms with E-state index in [2.05, 4.69) is 320 Å². The number of aryl methyl sites for hydroxylation is 1. The Labute approximate surface area is 598 Å². The molecule has 0 atom stereocenters. The van der Waals surface area contributed by atoms with Crippen molar-refractivity contribution in [2.45, 2.75) is 219 Å². The maximum Gasteiger partial charge on any atom is 0.272 e. The van der Waals surface area contributed by atoms with Crippen molar-refractivity contribution in [1.82, 2.24) is 4.57 Å². The van der Waals surface area contributed by atoms with Crippen molar-refractivity contribution in [3.8, 4) is 22.3 Å². The van der Waals surface area contributed by atoms with Gasteiger partial charge in [-0.15, -0.1) is 0 Å². The van der Waals surface area contributed by atoms with Gasteiger partial charge in [0.05, 0.1) is 11.4 Å². The van der Waals surface area contributed by atoms with Crippen LogP contribution in [0.1, 0.15) is 226 Å². The van der Waals surface area contributed by atoms with Gasteiger partial charge in [0.2, 0.25) is 0 Å². The van der Waals surface area contributed by atoms with Crippen molar-refractivity contribution < 1.29 is 0 Å². The third-order valence-electron chi connectivity index (χ3n) is 27.4. The first kappa shape index (κ1) is 64.1. The van der Waals surface area contributed by atoms with Crippen LogP contribution in [-0.2, 0) is 50.4 Å². The summed E-state index contributed by atoms with van der Waals surface area (Å²) in [5.74, 6) is 3.04. The van der Waals surface area contributed by atoms with Crippen LogP contribution in [0.3, 0.4) is 0 Å². The molecule has 0 radical (unpaired) electrons. The fourth-order valence-corrected chi connectivity index (χ4v) is 21.7. The minimum atomic E-state index is -0.211. The Morgan fingerprint density at radius 2 is 0.920 bits per heavy atom. The van der Waals surface area contributed by atoms with Crippen molar-refractivity contribution in [3.63, 3.8) is 0 Å². The van der Waals surface area contributed by atoms with E-state index >= 15 is 0 Å². The van der Waals surface area contributed by atoms with E-state index in [0.29, 0.717) is 11.8 Å². The van der Waals surface area contributed by atoms with Crippen LogP contribution in [0.2, 0.25) is 0 Å². The highest BCUT2D eigenvalue weighted by atomic mass is 15.2. The monoisotopic (exact) mass is 1310 g/mol. The molecule has 10 aromatic rings. The van der Waals surface area contributed by atoms with Crippen molar-refractivity contribution >= 4 is 85.3 Å². The minimum absolute atomic E-state index is 0.00778. The van der Waals surface area contributed by atoms with Crippen molar-refractivity contribution in [3.05, 3.63) is 226 Å². The molecule has 3 heterocycles. The molecule has 0 unspecified atom stereocenters. The van der Waals surface area contributed by atoms with Crippen LogP contribution in [0.4, 0.5) is 51.2 Å². The molecule has 9 aromatic carbocycles. The molecule has 5 heteroatoms. The van der Waals surface area contributed by atoms with E-state index in [1.165, 1.54) is 162 Å². The predicted molar refractivity (Wildman–Crippen MR) is 427 cm³/mol. The van der Waals surface area contributed by atoms with Gasteiger partial charge in [0, 0.05) is 74.3 Å². The summed E-state index contributed by atoms with van der Waals surface area (Å²) in [6.45, 7) is 41.0. The molecule has 7 aliphatic carbocycles. The lowest BCUT2D eigenvalue weighted by Gasteiger charge is -2.61. The maximum atomic E-state index is 2.88. The molecule has 4 bridgehead atoms. The normalized spacial score (nSPS) is 22.8. The Hall–Kier alpha value is -8.02. The second-order valence-electron chi connectivity index (χ2n) is 38.4. The van der Waals surface area contributed by atoms with Gasteiger partial charge in [0.25, 0.3) is 6.71 Å². The van der Waals surface area contributed by atoms with Crippen LogP contribution in [0.15, 0.2) is 176 Å². The number of nitrogens with zero attached hydrogens (tertiary/aromatic N) is 4. The van der Waals surface area contributed by atoms with Crippen LogP contribution < -0.4 is 31.2 Å². The van der Waals surface area contributed by atoms with Gasteiger partial charge < -0.3 is 19.3 Å². The predicted octanol–water partition coefficient (Wildman–Crippen LogP) is 23.7. The van der Waals surface area contributed by atoms with Gasteiger partial charge in [-0.2, -0.15) is 0 Å². The quantitative estimate of drug-likeness (QED) is 0.154. The average Bonchev–Trinajstić information content (AvgIpc) is 1.44. The summed E-state index contributed by atoms with van der Waals surface area (Å²) in [5, 5.41) is 1.36. The largest absolute Gasteiger partial charge is 0.353 e. The molecule has 4 nitrogen and oxygen atoms in total. The third kappa shape index (κ3) is 9.29. The molecule has 4 saturated carbocycles. The smallest absolute Gasteiger partial charge is 0.272 e. The van der Waals surface area contributed by atoms with E-state index < -0.39 is 0 Å². The Kier molecular flexibility index (Phi) is 13.7.